The molecule has 0 radical (unpaired) electrons. The highest BCUT2D eigenvalue weighted by Gasteiger charge is 2.23. The van der Waals surface area contributed by atoms with Gasteiger partial charge in [-0.05, 0) is 61.7 Å². The van der Waals surface area contributed by atoms with Crippen LogP contribution < -0.4 is 4.72 Å². The Morgan fingerprint density at radius 3 is 2.48 bits per heavy atom. The molecule has 0 saturated carbocycles. The molecule has 0 bridgehead atoms. The summed E-state index contributed by atoms with van der Waals surface area (Å²) in [6, 6.07) is 15.1. The van der Waals surface area contributed by atoms with Gasteiger partial charge in [-0.25, -0.2) is 17.5 Å². The summed E-state index contributed by atoms with van der Waals surface area (Å²) >= 11 is 0. The van der Waals surface area contributed by atoms with Crippen molar-refractivity contribution < 1.29 is 22.0 Å². The van der Waals surface area contributed by atoms with Crippen molar-refractivity contribution in [1.82, 2.24) is 9.71 Å². The Morgan fingerprint density at radius 1 is 1.10 bits per heavy atom. The van der Waals surface area contributed by atoms with E-state index in [0.29, 0.717) is 12.2 Å². The molecule has 6 nitrogen and oxygen atoms in total. The molecule has 0 saturated heterocycles. The minimum atomic E-state index is -4.01. The van der Waals surface area contributed by atoms with Gasteiger partial charge in [0.05, 0.1) is 0 Å². The summed E-state index contributed by atoms with van der Waals surface area (Å²) in [6.45, 7) is 3.18. The Bertz CT molecular complexity index is 1370. The van der Waals surface area contributed by atoms with Crippen molar-refractivity contribution in [1.29, 1.82) is 0 Å². The lowest BCUT2D eigenvalue weighted by atomic mass is 10.0. The van der Waals surface area contributed by atoms with Crippen LogP contribution in [0.15, 0.2) is 63.9 Å². The van der Waals surface area contributed by atoms with Crippen LogP contribution in [0.2, 0.25) is 0 Å². The minimum Gasteiger partial charge on any atom is -0.465 e. The lowest BCUT2D eigenvalue weighted by Gasteiger charge is -2.08. The lowest BCUT2D eigenvalue weighted by molar-refractivity contribution is -0.119. The molecule has 2 aromatic carbocycles. The summed E-state index contributed by atoms with van der Waals surface area (Å²) in [4.78, 5) is 15.8. The fourth-order valence-corrected chi connectivity index (χ4v) is 4.94. The number of aryl methyl sites for hydroxylation is 3. The van der Waals surface area contributed by atoms with Gasteiger partial charge < -0.3 is 9.40 Å². The van der Waals surface area contributed by atoms with Gasteiger partial charge in [-0.1, -0.05) is 18.2 Å². The first-order chi connectivity index (χ1) is 14.7. The smallest absolute Gasteiger partial charge is 0.267 e. The number of hydrogen-bond acceptors (Lipinski definition) is 4. The summed E-state index contributed by atoms with van der Waals surface area (Å²) in [5, 5.41) is 0.929. The SMILES string of the molecule is Cc1cc(S(=O)(=O)NC(=O)CCc2c(-c3ccc(F)cc3)[nH]c3ccccc23)c(C)o1. The summed E-state index contributed by atoms with van der Waals surface area (Å²) in [7, 11) is -4.01. The number of aromatic amines is 1. The first-order valence-electron chi connectivity index (χ1n) is 9.73. The molecule has 1 amide bonds. The first kappa shape index (κ1) is 20.9. The van der Waals surface area contributed by atoms with E-state index in [9.17, 15) is 17.6 Å². The molecule has 160 valence electrons. The Labute approximate surface area is 179 Å². The Kier molecular flexibility index (Phi) is 5.41. The van der Waals surface area contributed by atoms with Crippen LogP contribution in [0.25, 0.3) is 22.2 Å². The van der Waals surface area contributed by atoms with Gasteiger partial charge in [0.25, 0.3) is 10.0 Å². The van der Waals surface area contributed by atoms with Crippen molar-refractivity contribution in [2.45, 2.75) is 31.6 Å². The van der Waals surface area contributed by atoms with Crippen molar-refractivity contribution in [3.05, 3.63) is 77.5 Å². The number of amides is 1. The Morgan fingerprint density at radius 2 is 1.81 bits per heavy atom. The average Bonchev–Trinajstić information content (AvgIpc) is 3.26. The van der Waals surface area contributed by atoms with E-state index in [4.69, 9.17) is 4.42 Å². The Hall–Kier alpha value is -3.39. The average molecular weight is 440 g/mol. The third-order valence-electron chi connectivity index (χ3n) is 5.08. The molecule has 0 atom stereocenters. The largest absolute Gasteiger partial charge is 0.465 e. The normalized spacial score (nSPS) is 11.7. The number of rotatable bonds is 6. The molecule has 0 spiro atoms. The number of H-pyrrole nitrogens is 1. The highest BCUT2D eigenvalue weighted by Crippen LogP contribution is 2.31. The van der Waals surface area contributed by atoms with E-state index >= 15 is 0 Å². The van der Waals surface area contributed by atoms with Crippen LogP contribution in [0.3, 0.4) is 0 Å². The van der Waals surface area contributed by atoms with Gasteiger partial charge in [0, 0.05) is 29.1 Å². The number of para-hydroxylation sites is 1. The van der Waals surface area contributed by atoms with Crippen LogP contribution in [0.1, 0.15) is 23.5 Å². The van der Waals surface area contributed by atoms with E-state index in [2.05, 4.69) is 9.71 Å². The minimum absolute atomic E-state index is 0.0366. The first-order valence-corrected chi connectivity index (χ1v) is 11.2. The number of sulfonamides is 1. The maximum Gasteiger partial charge on any atom is 0.267 e. The number of nitrogens with one attached hydrogen (secondary N) is 2. The van der Waals surface area contributed by atoms with Gasteiger partial charge in [-0.15, -0.1) is 0 Å². The second kappa shape index (κ2) is 8.03. The van der Waals surface area contributed by atoms with E-state index in [1.165, 1.54) is 25.1 Å². The third-order valence-corrected chi connectivity index (χ3v) is 6.56. The van der Waals surface area contributed by atoms with Crippen LogP contribution in [-0.4, -0.2) is 19.3 Å². The zero-order valence-corrected chi connectivity index (χ0v) is 17.8. The fourth-order valence-electron chi connectivity index (χ4n) is 3.69. The monoisotopic (exact) mass is 440 g/mol. The van der Waals surface area contributed by atoms with Gasteiger partial charge in [-0.2, -0.15) is 0 Å². The highest BCUT2D eigenvalue weighted by atomic mass is 32.2. The van der Waals surface area contributed by atoms with Crippen LogP contribution in [0, 0.1) is 19.7 Å². The third kappa shape index (κ3) is 4.25. The molecular formula is C23H21FN2O4S. The van der Waals surface area contributed by atoms with Gasteiger partial charge in [-0.3, -0.25) is 4.79 Å². The number of halogens is 1. The molecule has 2 aromatic heterocycles. The van der Waals surface area contributed by atoms with Gasteiger partial charge >= 0.3 is 0 Å². The van der Waals surface area contributed by atoms with Crippen molar-refractivity contribution >= 4 is 26.8 Å². The van der Waals surface area contributed by atoms with Crippen LogP contribution in [0.4, 0.5) is 4.39 Å². The summed E-state index contributed by atoms with van der Waals surface area (Å²) in [6.07, 6.45) is 0.270. The predicted molar refractivity (Wildman–Crippen MR) is 116 cm³/mol. The Balaban J connectivity index is 1.59. The number of aromatic nitrogens is 1. The molecule has 2 N–H and O–H groups in total. The number of benzene rings is 2. The summed E-state index contributed by atoms with van der Waals surface area (Å²) in [5.74, 6) is -0.273. The number of carbonyl (C=O) groups excluding carboxylic acids is 1. The molecular weight excluding hydrogens is 419 g/mol. The molecule has 0 aliphatic carbocycles. The molecule has 2 heterocycles. The van der Waals surface area contributed by atoms with Crippen LogP contribution in [-0.2, 0) is 21.2 Å². The maximum absolute atomic E-state index is 13.4. The number of carbonyl (C=O) groups is 1. The fraction of sp³-hybridized carbons (Fsp3) is 0.174. The molecule has 0 aliphatic heterocycles. The zero-order valence-electron chi connectivity index (χ0n) is 17.0. The van der Waals surface area contributed by atoms with Gasteiger partial charge in [0.2, 0.25) is 5.91 Å². The van der Waals surface area contributed by atoms with Gasteiger partial charge in [0.15, 0.2) is 0 Å². The maximum atomic E-state index is 13.4. The van der Waals surface area contributed by atoms with Crippen LogP contribution >= 0.6 is 0 Å². The molecule has 4 aromatic rings. The van der Waals surface area contributed by atoms with Crippen molar-refractivity contribution in [2.24, 2.45) is 0 Å². The molecule has 0 fully saturated rings. The van der Waals surface area contributed by atoms with Gasteiger partial charge in [0.1, 0.15) is 22.2 Å². The standard InChI is InChI=1S/C23H21FN2O4S/c1-14-13-21(15(2)30-14)31(28,29)26-22(27)12-11-19-18-5-3-4-6-20(18)25-23(19)16-7-9-17(24)10-8-16/h3-10,13,25H,11-12H2,1-2H3,(H,26,27). The van der Waals surface area contributed by atoms with Crippen molar-refractivity contribution in [3.63, 3.8) is 0 Å². The summed E-state index contributed by atoms with van der Waals surface area (Å²) < 4.78 is 45.8. The number of fused-ring (bicyclic) bond motifs is 1. The second-order valence-electron chi connectivity index (χ2n) is 7.34. The van der Waals surface area contributed by atoms with E-state index in [1.54, 1.807) is 19.1 Å². The topological polar surface area (TPSA) is 92.2 Å². The number of furan rings is 1. The highest BCUT2D eigenvalue weighted by molar-refractivity contribution is 7.90. The summed E-state index contributed by atoms with van der Waals surface area (Å²) in [5.41, 5.74) is 3.31. The zero-order chi connectivity index (χ0) is 22.2. The van der Waals surface area contributed by atoms with E-state index in [0.717, 1.165) is 27.7 Å². The molecule has 4 rings (SSSR count). The number of hydrogen-bond donors (Lipinski definition) is 2. The lowest BCUT2D eigenvalue weighted by Crippen LogP contribution is -2.30. The predicted octanol–water partition coefficient (Wildman–Crippen LogP) is 4.62. The van der Waals surface area contributed by atoms with E-state index in [1.807, 2.05) is 24.3 Å². The molecule has 8 heteroatoms. The second-order valence-corrected chi connectivity index (χ2v) is 8.99. The molecule has 0 aliphatic rings. The molecule has 31 heavy (non-hydrogen) atoms. The van der Waals surface area contributed by atoms with Crippen LogP contribution in [0.5, 0.6) is 0 Å². The van der Waals surface area contributed by atoms with E-state index in [-0.39, 0.29) is 22.9 Å². The van der Waals surface area contributed by atoms with Crippen molar-refractivity contribution in [2.75, 3.05) is 0 Å². The van der Waals surface area contributed by atoms with Crippen molar-refractivity contribution in [3.8, 4) is 11.3 Å². The van der Waals surface area contributed by atoms with E-state index < -0.39 is 15.9 Å². The molecule has 0 unspecified atom stereocenters. The quantitative estimate of drug-likeness (QED) is 0.458.